The van der Waals surface area contributed by atoms with Crippen LogP contribution in [0.25, 0.3) is 0 Å². The van der Waals surface area contributed by atoms with Crippen LogP contribution < -0.4 is 4.74 Å². The first-order valence-electron chi connectivity index (χ1n) is 8.68. The zero-order valence-electron chi connectivity index (χ0n) is 14.5. The minimum Gasteiger partial charge on any atom is -0.494 e. The van der Waals surface area contributed by atoms with Gasteiger partial charge in [-0.2, -0.15) is 0 Å². The van der Waals surface area contributed by atoms with Crippen molar-refractivity contribution in [3.05, 3.63) is 59.7 Å². The van der Waals surface area contributed by atoms with Crippen LogP contribution in [0.5, 0.6) is 5.75 Å². The number of hydrogen-bond donors (Lipinski definition) is 0. The smallest absolute Gasteiger partial charge is 0.227 e. The molecular formula is C20H23FN2O2. The van der Waals surface area contributed by atoms with Crippen molar-refractivity contribution >= 4 is 5.91 Å². The Bertz CT molecular complexity index is 721. The van der Waals surface area contributed by atoms with E-state index in [2.05, 4.69) is 4.98 Å². The van der Waals surface area contributed by atoms with Gasteiger partial charge in [0.1, 0.15) is 0 Å². The summed E-state index contributed by atoms with van der Waals surface area (Å²) in [5.74, 6) is -0.155. The van der Waals surface area contributed by atoms with E-state index in [0.717, 1.165) is 32.2 Å². The molecular weight excluding hydrogens is 319 g/mol. The monoisotopic (exact) mass is 342 g/mol. The number of hydrogen-bond acceptors (Lipinski definition) is 3. The van der Waals surface area contributed by atoms with Gasteiger partial charge in [0, 0.05) is 25.0 Å². The molecule has 1 saturated heterocycles. The van der Waals surface area contributed by atoms with Gasteiger partial charge in [-0.05, 0) is 61.1 Å². The first kappa shape index (κ1) is 17.4. The van der Waals surface area contributed by atoms with Crippen LogP contribution in [0.4, 0.5) is 4.39 Å². The van der Waals surface area contributed by atoms with Crippen molar-refractivity contribution in [3.63, 3.8) is 0 Å². The van der Waals surface area contributed by atoms with E-state index >= 15 is 0 Å². The fraction of sp³-hybridized carbons (Fsp3) is 0.400. The molecule has 0 aliphatic carbocycles. The Hall–Kier alpha value is -2.43. The quantitative estimate of drug-likeness (QED) is 0.808. The average Bonchev–Trinajstić information content (AvgIpc) is 3.10. The lowest BCUT2D eigenvalue weighted by Crippen LogP contribution is -2.36. The molecule has 1 aromatic carbocycles. The maximum absolute atomic E-state index is 13.8. The third-order valence-electron chi connectivity index (χ3n) is 4.78. The number of halogens is 1. The lowest BCUT2D eigenvalue weighted by molar-refractivity contribution is -0.131. The number of rotatable bonds is 6. The van der Waals surface area contributed by atoms with E-state index in [0.29, 0.717) is 5.56 Å². The molecule has 0 N–H and O–H groups in total. The van der Waals surface area contributed by atoms with Crippen molar-refractivity contribution in [1.29, 1.82) is 0 Å². The second kappa shape index (κ2) is 8.10. The number of aryl methyl sites for hydroxylation is 1. The first-order chi connectivity index (χ1) is 12.2. The second-order valence-corrected chi connectivity index (χ2v) is 6.42. The fourth-order valence-electron chi connectivity index (χ4n) is 3.44. The third-order valence-corrected chi connectivity index (χ3v) is 4.78. The Labute approximate surface area is 147 Å². The summed E-state index contributed by atoms with van der Waals surface area (Å²) in [6.07, 6.45) is 7.78. The number of aromatic nitrogens is 1. The molecule has 0 saturated carbocycles. The van der Waals surface area contributed by atoms with E-state index in [9.17, 15) is 9.18 Å². The molecule has 4 nitrogen and oxygen atoms in total. The molecule has 5 heteroatoms. The molecule has 1 aliphatic heterocycles. The number of carbonyl (C=O) groups is 1. The van der Waals surface area contributed by atoms with Crippen LogP contribution >= 0.6 is 0 Å². The summed E-state index contributed by atoms with van der Waals surface area (Å²) in [6, 6.07) is 9.01. The highest BCUT2D eigenvalue weighted by Gasteiger charge is 2.28. The Morgan fingerprint density at radius 1 is 1.28 bits per heavy atom. The summed E-state index contributed by atoms with van der Waals surface area (Å²) in [5, 5.41) is 0. The normalized spacial score (nSPS) is 16.9. The molecule has 1 aliphatic rings. The van der Waals surface area contributed by atoms with Gasteiger partial charge < -0.3 is 9.64 Å². The van der Waals surface area contributed by atoms with Crippen LogP contribution in [0.3, 0.4) is 0 Å². The lowest BCUT2D eigenvalue weighted by atomic mass is 10.0. The van der Waals surface area contributed by atoms with Gasteiger partial charge in [0.05, 0.1) is 13.5 Å². The molecule has 0 bridgehead atoms. The molecule has 0 unspecified atom stereocenters. The standard InChI is InChI=1S/C20H23FN2O2/c1-25-19-7-5-16(13-18(19)21)14-20(24)23-12-2-3-17(23)6-4-15-8-10-22-11-9-15/h5,7-11,13,17H,2-4,6,12,14H2,1H3/t17-/m0/s1. The third kappa shape index (κ3) is 4.35. The second-order valence-electron chi connectivity index (χ2n) is 6.42. The number of likely N-dealkylation sites (tertiary alicyclic amines) is 1. The van der Waals surface area contributed by atoms with Crippen LogP contribution in [0.1, 0.15) is 30.4 Å². The van der Waals surface area contributed by atoms with Gasteiger partial charge in [0.2, 0.25) is 5.91 Å². The van der Waals surface area contributed by atoms with Crippen LogP contribution in [0.15, 0.2) is 42.7 Å². The summed E-state index contributed by atoms with van der Waals surface area (Å²) in [7, 11) is 1.43. The molecule has 0 spiro atoms. The van der Waals surface area contributed by atoms with E-state index < -0.39 is 5.82 Å². The maximum atomic E-state index is 13.8. The van der Waals surface area contributed by atoms with Gasteiger partial charge in [-0.15, -0.1) is 0 Å². The number of ether oxygens (including phenoxy) is 1. The van der Waals surface area contributed by atoms with Crippen molar-refractivity contribution in [3.8, 4) is 5.75 Å². The summed E-state index contributed by atoms with van der Waals surface area (Å²) in [4.78, 5) is 18.7. The van der Waals surface area contributed by atoms with Crippen LogP contribution in [0, 0.1) is 5.82 Å². The molecule has 0 radical (unpaired) electrons. The van der Waals surface area contributed by atoms with E-state index in [1.165, 1.54) is 18.7 Å². The van der Waals surface area contributed by atoms with Gasteiger partial charge in [-0.25, -0.2) is 4.39 Å². The average molecular weight is 342 g/mol. The summed E-state index contributed by atoms with van der Waals surface area (Å²) in [5.41, 5.74) is 1.93. The largest absolute Gasteiger partial charge is 0.494 e. The highest BCUT2D eigenvalue weighted by atomic mass is 19.1. The van der Waals surface area contributed by atoms with Gasteiger partial charge in [-0.1, -0.05) is 6.07 Å². The van der Waals surface area contributed by atoms with E-state index in [1.807, 2.05) is 17.0 Å². The number of nitrogens with zero attached hydrogens (tertiary/aromatic N) is 2. The number of benzene rings is 1. The topological polar surface area (TPSA) is 42.4 Å². The molecule has 1 fully saturated rings. The number of carbonyl (C=O) groups excluding carboxylic acids is 1. The molecule has 1 amide bonds. The van der Waals surface area contributed by atoms with Crippen LogP contribution in [-0.2, 0) is 17.6 Å². The minimum atomic E-state index is -0.427. The Morgan fingerprint density at radius 2 is 2.08 bits per heavy atom. The van der Waals surface area contributed by atoms with Gasteiger partial charge in [0.15, 0.2) is 11.6 Å². The summed E-state index contributed by atoms with van der Waals surface area (Å²) in [6.45, 7) is 0.790. The van der Waals surface area contributed by atoms with E-state index in [1.54, 1.807) is 24.5 Å². The van der Waals surface area contributed by atoms with Crippen molar-refractivity contribution in [2.45, 2.75) is 38.1 Å². The molecule has 2 heterocycles. The minimum absolute atomic E-state index is 0.0711. The number of pyridine rings is 1. The van der Waals surface area contributed by atoms with Crippen LogP contribution in [0.2, 0.25) is 0 Å². The SMILES string of the molecule is COc1ccc(CC(=O)N2CCC[C@H]2CCc2ccncc2)cc1F. The zero-order chi connectivity index (χ0) is 17.6. The van der Waals surface area contributed by atoms with Crippen LogP contribution in [-0.4, -0.2) is 35.5 Å². The molecule has 1 atom stereocenters. The predicted molar refractivity (Wildman–Crippen MR) is 93.9 cm³/mol. The summed E-state index contributed by atoms with van der Waals surface area (Å²) >= 11 is 0. The Balaban J connectivity index is 1.59. The highest BCUT2D eigenvalue weighted by Crippen LogP contribution is 2.24. The molecule has 2 aromatic rings. The van der Waals surface area contributed by atoms with Gasteiger partial charge in [0.25, 0.3) is 0 Å². The predicted octanol–water partition coefficient (Wildman–Crippen LogP) is 3.40. The molecule has 3 rings (SSSR count). The Morgan fingerprint density at radius 3 is 2.80 bits per heavy atom. The van der Waals surface area contributed by atoms with E-state index in [-0.39, 0.29) is 24.1 Å². The number of amides is 1. The lowest BCUT2D eigenvalue weighted by Gasteiger charge is -2.25. The van der Waals surface area contributed by atoms with Crippen molar-refractivity contribution < 1.29 is 13.9 Å². The van der Waals surface area contributed by atoms with Gasteiger partial charge >= 0.3 is 0 Å². The van der Waals surface area contributed by atoms with Crippen molar-refractivity contribution in [2.24, 2.45) is 0 Å². The van der Waals surface area contributed by atoms with E-state index in [4.69, 9.17) is 4.74 Å². The van der Waals surface area contributed by atoms with Crippen molar-refractivity contribution in [1.82, 2.24) is 9.88 Å². The zero-order valence-corrected chi connectivity index (χ0v) is 14.5. The highest BCUT2D eigenvalue weighted by molar-refractivity contribution is 5.79. The molecule has 1 aromatic heterocycles. The Kier molecular flexibility index (Phi) is 5.64. The number of methoxy groups -OCH3 is 1. The first-order valence-corrected chi connectivity index (χ1v) is 8.68. The molecule has 132 valence electrons. The summed E-state index contributed by atoms with van der Waals surface area (Å²) < 4.78 is 18.7. The van der Waals surface area contributed by atoms with Gasteiger partial charge in [-0.3, -0.25) is 9.78 Å². The fourth-order valence-corrected chi connectivity index (χ4v) is 3.44. The molecule has 25 heavy (non-hydrogen) atoms. The maximum Gasteiger partial charge on any atom is 0.227 e. The van der Waals surface area contributed by atoms with Crippen molar-refractivity contribution in [2.75, 3.05) is 13.7 Å².